The van der Waals surface area contributed by atoms with Gasteiger partial charge in [0, 0.05) is 37.0 Å². The van der Waals surface area contributed by atoms with Crippen LogP contribution in [0.4, 0.5) is 0 Å². The molecule has 0 bridgehead atoms. The second-order valence-electron chi connectivity index (χ2n) is 10.4. The van der Waals surface area contributed by atoms with E-state index >= 15 is 0 Å². The average molecular weight is 540 g/mol. The molecule has 9 aromatic rings. The van der Waals surface area contributed by atoms with Crippen LogP contribution in [-0.2, 0) is 0 Å². The Hall–Kier alpha value is -5.37. The molecule has 9 rings (SSSR count). The first kappa shape index (κ1) is 22.4. The van der Waals surface area contributed by atoms with Crippen molar-refractivity contribution in [3.8, 4) is 17.4 Å². The highest BCUT2D eigenvalue weighted by Gasteiger charge is 2.24. The van der Waals surface area contributed by atoms with Crippen molar-refractivity contribution in [3.05, 3.63) is 133 Å². The van der Waals surface area contributed by atoms with Crippen molar-refractivity contribution >= 4 is 75.1 Å². The Morgan fingerprint density at radius 2 is 0.951 bits per heavy atom. The molecule has 0 atom stereocenters. The van der Waals surface area contributed by atoms with Crippen molar-refractivity contribution < 1.29 is 0 Å². The molecular weight excluding hydrogens is 518 g/mol. The molecule has 0 spiro atoms. The van der Waals surface area contributed by atoms with Gasteiger partial charge in [-0.3, -0.25) is 0 Å². The molecule has 0 aliphatic rings. The van der Waals surface area contributed by atoms with Crippen LogP contribution in [0.1, 0.15) is 5.56 Å². The Morgan fingerprint density at radius 1 is 0.512 bits per heavy atom. The quantitative estimate of drug-likeness (QED) is 0.215. The molecule has 0 unspecified atom stereocenters. The molecule has 41 heavy (non-hydrogen) atoms. The number of nitriles is 1. The third-order valence-electron chi connectivity index (χ3n) is 8.35. The summed E-state index contributed by atoms with van der Waals surface area (Å²) in [5.41, 5.74) is 7.13. The first-order valence-corrected chi connectivity index (χ1v) is 14.5. The molecule has 0 saturated heterocycles. The number of hydrogen-bond acceptors (Lipinski definition) is 2. The van der Waals surface area contributed by atoms with Gasteiger partial charge in [-0.2, -0.15) is 5.26 Å². The van der Waals surface area contributed by atoms with Crippen LogP contribution in [0, 0.1) is 11.3 Å². The van der Waals surface area contributed by atoms with Gasteiger partial charge in [0.1, 0.15) is 6.07 Å². The molecule has 0 aliphatic heterocycles. The average Bonchev–Trinajstić information content (AvgIpc) is 3.69. The molecule has 0 saturated carbocycles. The molecule has 0 radical (unpaired) electrons. The predicted octanol–water partition coefficient (Wildman–Crippen LogP) is 10.1. The monoisotopic (exact) mass is 539 g/mol. The van der Waals surface area contributed by atoms with E-state index in [1.165, 1.54) is 36.3 Å². The standard InChI is InChI=1S/C37H21N3S/c38-22-23-21-33(39-29-16-6-1-11-24(29)25-12-2-7-17-30(25)39)37-35(28-15-5-10-20-34(28)41-37)36(23)40-31-18-8-3-13-26(31)27-14-4-9-19-32(27)40/h1-21H. The fourth-order valence-corrected chi connectivity index (χ4v) is 7.91. The zero-order valence-electron chi connectivity index (χ0n) is 21.9. The van der Waals surface area contributed by atoms with Gasteiger partial charge >= 0.3 is 0 Å². The van der Waals surface area contributed by atoms with Crippen LogP contribution < -0.4 is 0 Å². The van der Waals surface area contributed by atoms with E-state index in [1.807, 2.05) is 0 Å². The fourth-order valence-electron chi connectivity index (χ4n) is 6.70. The first-order valence-electron chi connectivity index (χ1n) is 13.7. The smallest absolute Gasteiger partial charge is 0.101 e. The van der Waals surface area contributed by atoms with Gasteiger partial charge in [0.2, 0.25) is 0 Å². The molecule has 0 amide bonds. The van der Waals surface area contributed by atoms with E-state index in [0.717, 1.165) is 38.8 Å². The third kappa shape index (κ3) is 2.96. The van der Waals surface area contributed by atoms with E-state index in [4.69, 9.17) is 0 Å². The van der Waals surface area contributed by atoms with Crippen molar-refractivity contribution in [2.75, 3.05) is 0 Å². The lowest BCUT2D eigenvalue weighted by atomic mass is 10.0. The zero-order chi connectivity index (χ0) is 27.1. The van der Waals surface area contributed by atoms with E-state index < -0.39 is 0 Å². The lowest BCUT2D eigenvalue weighted by Gasteiger charge is -2.16. The van der Waals surface area contributed by atoms with Gasteiger partial charge in [-0.15, -0.1) is 11.3 Å². The second kappa shape index (κ2) is 8.32. The first-order chi connectivity index (χ1) is 20.3. The summed E-state index contributed by atoms with van der Waals surface area (Å²) in [5, 5.41) is 17.9. The van der Waals surface area contributed by atoms with Crippen molar-refractivity contribution in [1.82, 2.24) is 9.13 Å². The van der Waals surface area contributed by atoms with Crippen LogP contribution in [-0.4, -0.2) is 9.13 Å². The molecule has 3 aromatic heterocycles. The number of fused-ring (bicyclic) bond motifs is 9. The minimum atomic E-state index is 0.657. The molecule has 0 N–H and O–H groups in total. The van der Waals surface area contributed by atoms with Crippen molar-refractivity contribution in [1.29, 1.82) is 5.26 Å². The second-order valence-corrected chi connectivity index (χ2v) is 11.5. The Kier molecular flexibility index (Phi) is 4.55. The Morgan fingerprint density at radius 3 is 1.46 bits per heavy atom. The maximum Gasteiger partial charge on any atom is 0.101 e. The lowest BCUT2D eigenvalue weighted by molar-refractivity contribution is 1.16. The number of nitrogens with zero attached hydrogens (tertiary/aromatic N) is 3. The van der Waals surface area contributed by atoms with Crippen LogP contribution in [0.3, 0.4) is 0 Å². The normalized spacial score (nSPS) is 11.9. The topological polar surface area (TPSA) is 33.6 Å². The van der Waals surface area contributed by atoms with Gasteiger partial charge < -0.3 is 9.13 Å². The van der Waals surface area contributed by atoms with Crippen LogP contribution in [0.25, 0.3) is 75.2 Å². The van der Waals surface area contributed by atoms with E-state index in [0.29, 0.717) is 5.56 Å². The van der Waals surface area contributed by atoms with Crippen LogP contribution in [0.5, 0.6) is 0 Å². The highest BCUT2D eigenvalue weighted by molar-refractivity contribution is 7.26. The van der Waals surface area contributed by atoms with Crippen LogP contribution in [0.15, 0.2) is 127 Å². The molecule has 6 aromatic carbocycles. The SMILES string of the molecule is N#Cc1cc(-n2c3ccccc3c3ccccc32)c2sc3ccccc3c2c1-n1c2ccccc2c2ccccc21. The summed E-state index contributed by atoms with van der Waals surface area (Å²) < 4.78 is 7.04. The Bertz CT molecular complexity index is 2450. The summed E-state index contributed by atoms with van der Waals surface area (Å²) in [7, 11) is 0. The third-order valence-corrected chi connectivity index (χ3v) is 9.54. The number of rotatable bonds is 2. The number of hydrogen-bond donors (Lipinski definition) is 0. The molecule has 4 heteroatoms. The zero-order valence-corrected chi connectivity index (χ0v) is 22.7. The number of para-hydroxylation sites is 4. The number of aromatic nitrogens is 2. The molecule has 0 aliphatic carbocycles. The maximum absolute atomic E-state index is 10.8. The highest BCUT2D eigenvalue weighted by Crippen LogP contribution is 2.46. The molecule has 190 valence electrons. The van der Waals surface area contributed by atoms with Crippen molar-refractivity contribution in [2.45, 2.75) is 0 Å². The van der Waals surface area contributed by atoms with Gasteiger partial charge in [0.05, 0.1) is 43.7 Å². The summed E-state index contributed by atoms with van der Waals surface area (Å²) in [6.07, 6.45) is 0. The van der Waals surface area contributed by atoms with Gasteiger partial charge in [-0.25, -0.2) is 0 Å². The van der Waals surface area contributed by atoms with Gasteiger partial charge in [0.25, 0.3) is 0 Å². The highest BCUT2D eigenvalue weighted by atomic mass is 32.1. The number of thiophene rings is 1. The van der Waals surface area contributed by atoms with Gasteiger partial charge in [-0.1, -0.05) is 91.0 Å². The Labute approximate surface area is 239 Å². The van der Waals surface area contributed by atoms with Crippen molar-refractivity contribution in [2.24, 2.45) is 0 Å². The fraction of sp³-hybridized carbons (Fsp3) is 0. The van der Waals surface area contributed by atoms with E-state index in [2.05, 4.69) is 143 Å². The lowest BCUT2D eigenvalue weighted by Crippen LogP contribution is -2.02. The summed E-state index contributed by atoms with van der Waals surface area (Å²) in [6, 6.07) is 47.5. The van der Waals surface area contributed by atoms with Crippen LogP contribution >= 0.6 is 11.3 Å². The molecule has 3 nitrogen and oxygen atoms in total. The summed E-state index contributed by atoms with van der Waals surface area (Å²) >= 11 is 1.80. The van der Waals surface area contributed by atoms with Gasteiger partial charge in [-0.05, 0) is 36.4 Å². The van der Waals surface area contributed by atoms with E-state index in [-0.39, 0.29) is 0 Å². The summed E-state index contributed by atoms with van der Waals surface area (Å²) in [6.45, 7) is 0. The predicted molar refractivity (Wildman–Crippen MR) is 173 cm³/mol. The number of benzene rings is 6. The summed E-state index contributed by atoms with van der Waals surface area (Å²) in [5.74, 6) is 0. The minimum absolute atomic E-state index is 0.657. The van der Waals surface area contributed by atoms with Crippen LogP contribution in [0.2, 0.25) is 0 Å². The maximum atomic E-state index is 10.8. The largest absolute Gasteiger partial charge is 0.308 e. The van der Waals surface area contributed by atoms with E-state index in [1.54, 1.807) is 11.3 Å². The van der Waals surface area contributed by atoms with E-state index in [9.17, 15) is 5.26 Å². The Balaban J connectivity index is 1.53. The molecule has 3 heterocycles. The van der Waals surface area contributed by atoms with Gasteiger partial charge in [0.15, 0.2) is 0 Å². The van der Waals surface area contributed by atoms with Crippen molar-refractivity contribution in [3.63, 3.8) is 0 Å². The molecule has 0 fully saturated rings. The summed E-state index contributed by atoms with van der Waals surface area (Å²) in [4.78, 5) is 0. The minimum Gasteiger partial charge on any atom is -0.308 e. The molecular formula is C37H21N3S.